The minimum Gasteiger partial charge on any atom is -0.381 e. The van der Waals surface area contributed by atoms with Gasteiger partial charge in [-0.25, -0.2) is 9.18 Å². The van der Waals surface area contributed by atoms with Crippen molar-refractivity contribution in [2.75, 3.05) is 18.5 Å². The molecule has 7 heteroatoms. The van der Waals surface area contributed by atoms with E-state index < -0.39 is 0 Å². The van der Waals surface area contributed by atoms with Crippen LogP contribution in [0.3, 0.4) is 0 Å². The summed E-state index contributed by atoms with van der Waals surface area (Å²) < 4.78 is 20.0. The van der Waals surface area contributed by atoms with Gasteiger partial charge in [-0.1, -0.05) is 12.1 Å². The summed E-state index contributed by atoms with van der Waals surface area (Å²) in [6, 6.07) is 5.71. The SMILES string of the molecule is O=C(NCc1ccc(F)cc1)Nc1cnn(CC2CCOCC2)c1. The molecule has 1 saturated heterocycles. The lowest BCUT2D eigenvalue weighted by Crippen LogP contribution is -2.28. The Morgan fingerprint density at radius 2 is 2.04 bits per heavy atom. The van der Waals surface area contributed by atoms with Gasteiger partial charge in [-0.05, 0) is 36.5 Å². The quantitative estimate of drug-likeness (QED) is 0.885. The average Bonchev–Trinajstić information content (AvgIpc) is 3.02. The fourth-order valence-corrected chi connectivity index (χ4v) is 2.68. The third-order valence-corrected chi connectivity index (χ3v) is 4.04. The normalized spacial score (nSPS) is 15.2. The number of amides is 2. The maximum Gasteiger partial charge on any atom is 0.319 e. The number of halogens is 1. The number of aromatic nitrogens is 2. The minimum absolute atomic E-state index is 0.292. The highest BCUT2D eigenvalue weighted by Crippen LogP contribution is 2.17. The van der Waals surface area contributed by atoms with Crippen LogP contribution in [-0.4, -0.2) is 29.0 Å². The van der Waals surface area contributed by atoms with Crippen LogP contribution in [0.1, 0.15) is 18.4 Å². The molecule has 0 radical (unpaired) electrons. The van der Waals surface area contributed by atoms with E-state index in [4.69, 9.17) is 4.74 Å². The van der Waals surface area contributed by atoms with Crippen molar-refractivity contribution >= 4 is 11.7 Å². The summed E-state index contributed by atoms with van der Waals surface area (Å²) in [6.45, 7) is 2.79. The van der Waals surface area contributed by atoms with Gasteiger partial charge in [0.15, 0.2) is 0 Å². The van der Waals surface area contributed by atoms with Crippen LogP contribution < -0.4 is 10.6 Å². The number of nitrogens with one attached hydrogen (secondary N) is 2. The molecule has 2 heterocycles. The van der Waals surface area contributed by atoms with Crippen LogP contribution in [0.2, 0.25) is 0 Å². The molecule has 0 atom stereocenters. The van der Waals surface area contributed by atoms with Crippen molar-refractivity contribution in [3.63, 3.8) is 0 Å². The van der Waals surface area contributed by atoms with Crippen molar-refractivity contribution in [2.24, 2.45) is 5.92 Å². The maximum atomic E-state index is 12.8. The topological polar surface area (TPSA) is 68.2 Å². The van der Waals surface area contributed by atoms with Crippen LogP contribution in [0.5, 0.6) is 0 Å². The number of hydrogen-bond donors (Lipinski definition) is 2. The summed E-state index contributed by atoms with van der Waals surface area (Å²) in [7, 11) is 0. The molecule has 2 amide bonds. The Morgan fingerprint density at radius 3 is 2.79 bits per heavy atom. The smallest absolute Gasteiger partial charge is 0.319 e. The van der Waals surface area contributed by atoms with Gasteiger partial charge in [-0.2, -0.15) is 5.10 Å². The summed E-state index contributed by atoms with van der Waals surface area (Å²) in [5, 5.41) is 9.76. The molecular weight excluding hydrogens is 311 g/mol. The van der Waals surface area contributed by atoms with E-state index in [0.717, 1.165) is 38.2 Å². The summed E-state index contributed by atoms with van der Waals surface area (Å²) in [5.74, 6) is 0.277. The van der Waals surface area contributed by atoms with Crippen molar-refractivity contribution in [1.82, 2.24) is 15.1 Å². The second kappa shape index (κ2) is 7.92. The maximum absolute atomic E-state index is 12.8. The Hall–Kier alpha value is -2.41. The molecule has 0 bridgehead atoms. The Balaban J connectivity index is 1.45. The van der Waals surface area contributed by atoms with Crippen LogP contribution in [0.4, 0.5) is 14.9 Å². The third-order valence-electron chi connectivity index (χ3n) is 4.04. The van der Waals surface area contributed by atoms with E-state index in [-0.39, 0.29) is 11.8 Å². The van der Waals surface area contributed by atoms with Crippen LogP contribution >= 0.6 is 0 Å². The molecule has 24 heavy (non-hydrogen) atoms. The van der Waals surface area contributed by atoms with E-state index in [1.54, 1.807) is 18.3 Å². The molecule has 1 aromatic carbocycles. The van der Waals surface area contributed by atoms with E-state index >= 15 is 0 Å². The van der Waals surface area contributed by atoms with Gasteiger partial charge >= 0.3 is 6.03 Å². The van der Waals surface area contributed by atoms with Crippen molar-refractivity contribution < 1.29 is 13.9 Å². The lowest BCUT2D eigenvalue weighted by molar-refractivity contribution is 0.0601. The Morgan fingerprint density at radius 1 is 1.29 bits per heavy atom. The molecule has 0 aliphatic carbocycles. The first-order valence-electron chi connectivity index (χ1n) is 8.08. The van der Waals surface area contributed by atoms with Gasteiger partial charge in [0.1, 0.15) is 5.82 Å². The van der Waals surface area contributed by atoms with Gasteiger partial charge in [0.2, 0.25) is 0 Å². The number of anilines is 1. The number of carbonyl (C=O) groups is 1. The van der Waals surface area contributed by atoms with E-state index in [1.807, 2.05) is 10.9 Å². The Labute approximate surface area is 140 Å². The summed E-state index contributed by atoms with van der Waals surface area (Å²) in [6.07, 6.45) is 5.55. The molecular formula is C17H21FN4O2. The molecule has 6 nitrogen and oxygen atoms in total. The van der Waals surface area contributed by atoms with E-state index in [1.165, 1.54) is 12.1 Å². The zero-order chi connectivity index (χ0) is 16.8. The predicted molar refractivity (Wildman–Crippen MR) is 88.0 cm³/mol. The number of rotatable bonds is 5. The number of benzene rings is 1. The highest BCUT2D eigenvalue weighted by atomic mass is 19.1. The highest BCUT2D eigenvalue weighted by Gasteiger charge is 2.15. The summed E-state index contributed by atoms with van der Waals surface area (Å²) in [4.78, 5) is 11.9. The Kier molecular flexibility index (Phi) is 5.43. The van der Waals surface area contributed by atoms with E-state index in [2.05, 4.69) is 15.7 Å². The Bertz CT molecular complexity index is 665. The zero-order valence-corrected chi connectivity index (χ0v) is 13.4. The molecule has 1 aromatic heterocycles. The first-order valence-corrected chi connectivity index (χ1v) is 8.08. The summed E-state index contributed by atoms with van der Waals surface area (Å²) >= 11 is 0. The second-order valence-electron chi connectivity index (χ2n) is 5.94. The van der Waals surface area contributed by atoms with Gasteiger partial charge in [-0.15, -0.1) is 0 Å². The van der Waals surface area contributed by atoms with Gasteiger partial charge in [0.25, 0.3) is 0 Å². The molecule has 0 spiro atoms. The lowest BCUT2D eigenvalue weighted by Gasteiger charge is -2.21. The van der Waals surface area contributed by atoms with Crippen LogP contribution in [0.15, 0.2) is 36.7 Å². The number of hydrogen-bond acceptors (Lipinski definition) is 3. The van der Waals surface area contributed by atoms with Crippen LogP contribution in [-0.2, 0) is 17.8 Å². The highest BCUT2D eigenvalue weighted by molar-refractivity contribution is 5.88. The number of ether oxygens (including phenoxy) is 1. The second-order valence-corrected chi connectivity index (χ2v) is 5.94. The summed E-state index contributed by atoms with van der Waals surface area (Å²) in [5.41, 5.74) is 1.49. The lowest BCUT2D eigenvalue weighted by atomic mass is 10.0. The third kappa shape index (κ3) is 4.79. The molecule has 0 unspecified atom stereocenters. The van der Waals surface area contributed by atoms with Gasteiger partial charge in [-0.3, -0.25) is 4.68 Å². The van der Waals surface area contributed by atoms with Gasteiger partial charge in [0.05, 0.1) is 11.9 Å². The predicted octanol–water partition coefficient (Wildman–Crippen LogP) is 2.77. The first kappa shape index (κ1) is 16.4. The minimum atomic E-state index is -0.315. The number of nitrogens with zero attached hydrogens (tertiary/aromatic N) is 2. The molecule has 2 N–H and O–H groups in total. The van der Waals surface area contributed by atoms with Crippen molar-refractivity contribution in [2.45, 2.75) is 25.9 Å². The zero-order valence-electron chi connectivity index (χ0n) is 13.4. The molecule has 0 saturated carbocycles. The molecule has 1 fully saturated rings. The largest absolute Gasteiger partial charge is 0.381 e. The van der Waals surface area contributed by atoms with Crippen LogP contribution in [0, 0.1) is 11.7 Å². The molecule has 1 aliphatic rings. The standard InChI is InChI=1S/C17H21FN4O2/c18-15-3-1-13(2-4-15)9-19-17(23)21-16-10-20-22(12-16)11-14-5-7-24-8-6-14/h1-4,10,12,14H,5-9,11H2,(H2,19,21,23). The fourth-order valence-electron chi connectivity index (χ4n) is 2.68. The van der Waals surface area contributed by atoms with Gasteiger partial charge < -0.3 is 15.4 Å². The molecule has 128 valence electrons. The van der Waals surface area contributed by atoms with Crippen molar-refractivity contribution in [1.29, 1.82) is 0 Å². The van der Waals surface area contributed by atoms with E-state index in [9.17, 15) is 9.18 Å². The van der Waals surface area contributed by atoms with Crippen molar-refractivity contribution in [3.05, 3.63) is 48.0 Å². The van der Waals surface area contributed by atoms with E-state index in [0.29, 0.717) is 18.2 Å². The molecule has 2 aromatic rings. The molecule has 1 aliphatic heterocycles. The number of urea groups is 1. The molecule has 3 rings (SSSR count). The number of carbonyl (C=O) groups excluding carboxylic acids is 1. The van der Waals surface area contributed by atoms with Gasteiger partial charge in [0, 0.05) is 32.5 Å². The first-order chi connectivity index (χ1) is 11.7. The fraction of sp³-hybridized carbons (Fsp3) is 0.412. The van der Waals surface area contributed by atoms with Crippen molar-refractivity contribution in [3.8, 4) is 0 Å². The monoisotopic (exact) mass is 332 g/mol. The van der Waals surface area contributed by atoms with Crippen LogP contribution in [0.25, 0.3) is 0 Å². The average molecular weight is 332 g/mol.